The maximum atomic E-state index is 5.94. The van der Waals surface area contributed by atoms with Crippen molar-refractivity contribution in [2.24, 2.45) is 22.8 Å². The van der Waals surface area contributed by atoms with E-state index in [-0.39, 0.29) is 5.41 Å². The molecule has 13 heavy (non-hydrogen) atoms. The molecule has 0 amide bonds. The maximum Gasteiger partial charge on any atom is 0.175 e. The number of hydrogen-bond acceptors (Lipinski definition) is 3. The van der Waals surface area contributed by atoms with Gasteiger partial charge in [0.1, 0.15) is 0 Å². The molecule has 0 radical (unpaired) electrons. The molecular formula is C10H24N2O. The van der Waals surface area contributed by atoms with E-state index in [4.69, 9.17) is 16.2 Å². The molecule has 3 nitrogen and oxygen atoms in total. The van der Waals surface area contributed by atoms with E-state index in [1.807, 2.05) is 20.8 Å². The second-order valence-corrected chi connectivity index (χ2v) is 4.52. The van der Waals surface area contributed by atoms with Gasteiger partial charge in [0.25, 0.3) is 0 Å². The lowest BCUT2D eigenvalue weighted by Crippen LogP contribution is -2.64. The van der Waals surface area contributed by atoms with Crippen molar-refractivity contribution < 1.29 is 4.74 Å². The molecule has 0 heterocycles. The van der Waals surface area contributed by atoms with E-state index in [1.165, 1.54) is 0 Å². The Labute approximate surface area is 81.8 Å². The van der Waals surface area contributed by atoms with Crippen LogP contribution in [0.1, 0.15) is 41.0 Å². The lowest BCUT2D eigenvalue weighted by Gasteiger charge is -2.43. The molecule has 0 fully saturated rings. The first kappa shape index (κ1) is 12.9. The Bertz CT molecular complexity index is 153. The minimum atomic E-state index is -1.03. The third-order valence-corrected chi connectivity index (χ3v) is 3.00. The van der Waals surface area contributed by atoms with Gasteiger partial charge >= 0.3 is 0 Å². The summed E-state index contributed by atoms with van der Waals surface area (Å²) in [5, 5.41) is 0. The lowest BCUT2D eigenvalue weighted by atomic mass is 9.76. The van der Waals surface area contributed by atoms with Gasteiger partial charge < -0.3 is 4.74 Å². The maximum absolute atomic E-state index is 5.94. The van der Waals surface area contributed by atoms with Crippen LogP contribution >= 0.6 is 0 Å². The Hall–Kier alpha value is -0.120. The van der Waals surface area contributed by atoms with E-state index in [0.29, 0.717) is 12.5 Å². The van der Waals surface area contributed by atoms with E-state index in [1.54, 1.807) is 0 Å². The molecule has 0 aliphatic heterocycles. The van der Waals surface area contributed by atoms with Crippen LogP contribution in [0, 0.1) is 11.3 Å². The fourth-order valence-corrected chi connectivity index (χ4v) is 0.908. The predicted octanol–water partition coefficient (Wildman–Crippen LogP) is 1.67. The molecule has 0 unspecified atom stereocenters. The van der Waals surface area contributed by atoms with Crippen LogP contribution in [0.3, 0.4) is 0 Å². The van der Waals surface area contributed by atoms with Gasteiger partial charge in [0, 0.05) is 5.41 Å². The Balaban J connectivity index is 4.41. The monoisotopic (exact) mass is 188 g/mol. The zero-order valence-corrected chi connectivity index (χ0v) is 9.55. The van der Waals surface area contributed by atoms with E-state index < -0.39 is 5.85 Å². The fourth-order valence-electron chi connectivity index (χ4n) is 0.908. The molecule has 0 bridgehead atoms. The van der Waals surface area contributed by atoms with Crippen LogP contribution in [0.5, 0.6) is 0 Å². The van der Waals surface area contributed by atoms with Crippen LogP contribution in [0.15, 0.2) is 0 Å². The van der Waals surface area contributed by atoms with Crippen LogP contribution in [0.4, 0.5) is 0 Å². The summed E-state index contributed by atoms with van der Waals surface area (Å²) in [7, 11) is 0. The third kappa shape index (κ3) is 2.93. The van der Waals surface area contributed by atoms with Crippen molar-refractivity contribution in [1.29, 1.82) is 0 Å². The van der Waals surface area contributed by atoms with E-state index in [9.17, 15) is 0 Å². The van der Waals surface area contributed by atoms with E-state index in [0.717, 1.165) is 6.42 Å². The fraction of sp³-hybridized carbons (Fsp3) is 1.00. The summed E-state index contributed by atoms with van der Waals surface area (Å²) in [5.41, 5.74) is 11.7. The molecule has 3 heteroatoms. The summed E-state index contributed by atoms with van der Waals surface area (Å²) >= 11 is 0. The highest BCUT2D eigenvalue weighted by atomic mass is 16.5. The smallest absolute Gasteiger partial charge is 0.175 e. The van der Waals surface area contributed by atoms with Crippen molar-refractivity contribution in [1.82, 2.24) is 0 Å². The summed E-state index contributed by atoms with van der Waals surface area (Å²) in [6.07, 6.45) is 0.935. The molecule has 80 valence electrons. The van der Waals surface area contributed by atoms with Gasteiger partial charge in [-0.25, -0.2) is 0 Å². The first-order valence-electron chi connectivity index (χ1n) is 4.97. The van der Waals surface area contributed by atoms with Gasteiger partial charge in [-0.15, -0.1) is 0 Å². The van der Waals surface area contributed by atoms with Gasteiger partial charge in [0.05, 0.1) is 6.61 Å². The van der Waals surface area contributed by atoms with Crippen molar-refractivity contribution in [3.8, 4) is 0 Å². The Morgan fingerprint density at radius 2 is 1.69 bits per heavy atom. The molecule has 0 aromatic rings. The lowest BCUT2D eigenvalue weighted by molar-refractivity contribution is -0.133. The highest BCUT2D eigenvalue weighted by Gasteiger charge is 2.41. The molecule has 4 N–H and O–H groups in total. The normalized spacial score (nSPS) is 13.8. The number of rotatable bonds is 5. The van der Waals surface area contributed by atoms with Gasteiger partial charge in [-0.2, -0.15) is 0 Å². The molecule has 0 aromatic heterocycles. The van der Waals surface area contributed by atoms with Crippen LogP contribution in [0.2, 0.25) is 0 Å². The van der Waals surface area contributed by atoms with Gasteiger partial charge in [-0.05, 0) is 12.3 Å². The minimum absolute atomic E-state index is 0.220. The molecule has 0 spiro atoms. The van der Waals surface area contributed by atoms with Crippen molar-refractivity contribution >= 4 is 0 Å². The Morgan fingerprint density at radius 3 is 2.00 bits per heavy atom. The third-order valence-electron chi connectivity index (χ3n) is 3.00. The number of ether oxygens (including phenoxy) is 1. The average molecular weight is 188 g/mol. The zero-order chi connectivity index (χ0) is 10.7. The second-order valence-electron chi connectivity index (χ2n) is 4.52. The summed E-state index contributed by atoms with van der Waals surface area (Å²) in [5.74, 6) is -0.642. The van der Waals surface area contributed by atoms with Gasteiger partial charge in [0.15, 0.2) is 5.85 Å². The van der Waals surface area contributed by atoms with Crippen molar-refractivity contribution in [2.45, 2.75) is 46.9 Å². The summed E-state index contributed by atoms with van der Waals surface area (Å²) in [6.45, 7) is 10.9. The zero-order valence-electron chi connectivity index (χ0n) is 9.55. The SMILES string of the molecule is CCCOC(N)(N)C(C)(C)C(C)C. The van der Waals surface area contributed by atoms with E-state index >= 15 is 0 Å². The van der Waals surface area contributed by atoms with E-state index in [2.05, 4.69) is 13.8 Å². The number of nitrogens with two attached hydrogens (primary N) is 2. The van der Waals surface area contributed by atoms with Crippen LogP contribution in [-0.4, -0.2) is 12.5 Å². The van der Waals surface area contributed by atoms with Gasteiger partial charge in [0.2, 0.25) is 0 Å². The average Bonchev–Trinajstić information content (AvgIpc) is 2.00. The molecular weight excluding hydrogens is 164 g/mol. The predicted molar refractivity (Wildman–Crippen MR) is 56.0 cm³/mol. The highest BCUT2D eigenvalue weighted by Crippen LogP contribution is 2.34. The molecule has 0 saturated heterocycles. The quantitative estimate of drug-likeness (QED) is 0.645. The van der Waals surface area contributed by atoms with Crippen molar-refractivity contribution in [3.05, 3.63) is 0 Å². The second kappa shape index (κ2) is 4.40. The first-order chi connectivity index (χ1) is 5.75. The van der Waals surface area contributed by atoms with Crippen LogP contribution in [0.25, 0.3) is 0 Å². The summed E-state index contributed by atoms with van der Waals surface area (Å²) in [4.78, 5) is 0. The minimum Gasteiger partial charge on any atom is -0.347 e. The molecule has 0 atom stereocenters. The Morgan fingerprint density at radius 1 is 1.23 bits per heavy atom. The van der Waals surface area contributed by atoms with Gasteiger partial charge in [-0.3, -0.25) is 11.5 Å². The van der Waals surface area contributed by atoms with Crippen LogP contribution < -0.4 is 11.5 Å². The molecule has 0 aliphatic rings. The number of hydrogen-bond donors (Lipinski definition) is 2. The van der Waals surface area contributed by atoms with Gasteiger partial charge in [-0.1, -0.05) is 34.6 Å². The highest BCUT2D eigenvalue weighted by molar-refractivity contribution is 4.87. The largest absolute Gasteiger partial charge is 0.347 e. The first-order valence-corrected chi connectivity index (χ1v) is 4.97. The topological polar surface area (TPSA) is 61.3 Å². The molecule has 0 saturated carbocycles. The Kier molecular flexibility index (Phi) is 4.36. The van der Waals surface area contributed by atoms with Crippen molar-refractivity contribution in [3.63, 3.8) is 0 Å². The standard InChI is InChI=1S/C10H24N2O/c1-6-7-13-10(11,12)9(4,5)8(2)3/h8H,6-7,11-12H2,1-5H3. The molecule has 0 aliphatic carbocycles. The summed E-state index contributed by atoms with van der Waals surface area (Å²) < 4.78 is 5.46. The summed E-state index contributed by atoms with van der Waals surface area (Å²) in [6, 6.07) is 0. The van der Waals surface area contributed by atoms with Crippen LogP contribution in [-0.2, 0) is 4.74 Å². The molecule has 0 aromatic carbocycles. The molecule has 0 rings (SSSR count). The van der Waals surface area contributed by atoms with Crippen molar-refractivity contribution in [2.75, 3.05) is 6.61 Å².